The predicted octanol–water partition coefficient (Wildman–Crippen LogP) is 3.07. The van der Waals surface area contributed by atoms with Gasteiger partial charge >= 0.3 is 5.97 Å². The Balaban J connectivity index is 2.16. The van der Waals surface area contributed by atoms with E-state index in [-0.39, 0.29) is 23.3 Å². The molecule has 8 heteroatoms. The summed E-state index contributed by atoms with van der Waals surface area (Å²) in [5.41, 5.74) is 1.65. The molecule has 0 aromatic heterocycles. The Hall–Kier alpha value is -2.87. The Morgan fingerprint density at radius 3 is 2.28 bits per heavy atom. The van der Waals surface area contributed by atoms with Crippen LogP contribution in [0.15, 0.2) is 53.4 Å². The summed E-state index contributed by atoms with van der Waals surface area (Å²) in [7, 11) is -2.47. The van der Waals surface area contributed by atoms with Crippen LogP contribution in [0.3, 0.4) is 0 Å². The van der Waals surface area contributed by atoms with E-state index in [0.717, 1.165) is 5.56 Å². The van der Waals surface area contributed by atoms with Crippen LogP contribution >= 0.6 is 0 Å². The van der Waals surface area contributed by atoms with Gasteiger partial charge in [0.15, 0.2) is 0 Å². The van der Waals surface area contributed by atoms with Gasteiger partial charge in [0, 0.05) is 18.7 Å². The number of carbonyl (C=O) groups excluding carboxylic acids is 2. The molecule has 2 rings (SSSR count). The smallest absolute Gasteiger partial charge is 0.310 e. The highest BCUT2D eigenvalue weighted by molar-refractivity contribution is 7.92. The van der Waals surface area contributed by atoms with Crippen molar-refractivity contribution in [2.75, 3.05) is 24.9 Å². The molecule has 2 aromatic rings. The van der Waals surface area contributed by atoms with E-state index in [2.05, 4.69) is 4.72 Å². The molecule has 29 heavy (non-hydrogen) atoms. The Morgan fingerprint density at radius 2 is 1.72 bits per heavy atom. The van der Waals surface area contributed by atoms with Crippen molar-refractivity contribution >= 4 is 27.6 Å². The van der Waals surface area contributed by atoms with Crippen molar-refractivity contribution < 1.29 is 22.7 Å². The van der Waals surface area contributed by atoms with E-state index in [1.165, 1.54) is 36.3 Å². The molecule has 7 nitrogen and oxygen atoms in total. The molecule has 0 spiro atoms. The van der Waals surface area contributed by atoms with Crippen molar-refractivity contribution in [3.05, 3.63) is 59.7 Å². The SMILES string of the molecule is CCN(CC(C)C(=O)OC)C(=O)c1ccc(S(=O)(=O)Nc2ccccc2C)cc1. The number of para-hydroxylation sites is 1. The molecule has 1 N–H and O–H groups in total. The average Bonchev–Trinajstić information content (AvgIpc) is 2.72. The lowest BCUT2D eigenvalue weighted by Gasteiger charge is -2.23. The van der Waals surface area contributed by atoms with Crippen LogP contribution in [0, 0.1) is 12.8 Å². The van der Waals surface area contributed by atoms with E-state index in [1.807, 2.05) is 26.0 Å². The maximum absolute atomic E-state index is 12.7. The van der Waals surface area contributed by atoms with Crippen LogP contribution in [0.2, 0.25) is 0 Å². The number of carbonyl (C=O) groups is 2. The minimum absolute atomic E-state index is 0.0586. The number of ether oxygens (including phenoxy) is 1. The fraction of sp³-hybridized carbons (Fsp3) is 0.333. The minimum atomic E-state index is -3.77. The number of nitrogens with zero attached hydrogens (tertiary/aromatic N) is 1. The number of hydrogen-bond donors (Lipinski definition) is 1. The normalized spacial score (nSPS) is 12.1. The second kappa shape index (κ2) is 9.56. The molecule has 0 radical (unpaired) electrons. The van der Waals surface area contributed by atoms with Crippen molar-refractivity contribution in [3.8, 4) is 0 Å². The molecular weight excluding hydrogens is 392 g/mol. The minimum Gasteiger partial charge on any atom is -0.469 e. The van der Waals surface area contributed by atoms with Crippen LogP contribution in [0.1, 0.15) is 29.8 Å². The summed E-state index contributed by atoms with van der Waals surface area (Å²) in [6, 6.07) is 12.8. The second-order valence-corrected chi connectivity index (χ2v) is 8.40. The zero-order valence-corrected chi connectivity index (χ0v) is 17.8. The van der Waals surface area contributed by atoms with Gasteiger partial charge in [0.2, 0.25) is 0 Å². The molecule has 0 aliphatic heterocycles. The van der Waals surface area contributed by atoms with Gasteiger partial charge < -0.3 is 9.64 Å². The van der Waals surface area contributed by atoms with E-state index in [4.69, 9.17) is 4.74 Å². The average molecular weight is 419 g/mol. The standard InChI is InChI=1S/C21H26N2O5S/c1-5-23(14-16(3)21(25)28-4)20(24)17-10-12-18(13-11-17)29(26,27)22-19-9-7-6-8-15(19)2/h6-13,16,22H,5,14H2,1-4H3. The van der Waals surface area contributed by atoms with Gasteiger partial charge in [-0.25, -0.2) is 8.42 Å². The highest BCUT2D eigenvalue weighted by Crippen LogP contribution is 2.20. The third kappa shape index (κ3) is 5.57. The zero-order valence-electron chi connectivity index (χ0n) is 17.0. The van der Waals surface area contributed by atoms with E-state index >= 15 is 0 Å². The van der Waals surface area contributed by atoms with E-state index < -0.39 is 15.9 Å². The number of nitrogens with one attached hydrogen (secondary N) is 1. The number of sulfonamides is 1. The summed E-state index contributed by atoms with van der Waals surface area (Å²) in [6.07, 6.45) is 0. The maximum Gasteiger partial charge on any atom is 0.310 e. The fourth-order valence-electron chi connectivity index (χ4n) is 2.81. The van der Waals surface area contributed by atoms with Gasteiger partial charge in [-0.05, 0) is 49.7 Å². The molecule has 1 atom stereocenters. The lowest BCUT2D eigenvalue weighted by molar-refractivity contribution is -0.145. The summed E-state index contributed by atoms with van der Waals surface area (Å²) in [5, 5.41) is 0. The van der Waals surface area contributed by atoms with Crippen LogP contribution in [0.25, 0.3) is 0 Å². The van der Waals surface area contributed by atoms with Crippen LogP contribution < -0.4 is 4.72 Å². The zero-order chi connectivity index (χ0) is 21.6. The number of anilines is 1. The van der Waals surface area contributed by atoms with Gasteiger partial charge in [-0.15, -0.1) is 0 Å². The van der Waals surface area contributed by atoms with E-state index in [9.17, 15) is 18.0 Å². The molecule has 0 saturated heterocycles. The molecule has 1 amide bonds. The molecule has 0 saturated carbocycles. The Labute approximate surface area is 171 Å². The second-order valence-electron chi connectivity index (χ2n) is 6.71. The molecule has 0 fully saturated rings. The molecule has 156 valence electrons. The van der Waals surface area contributed by atoms with Crippen molar-refractivity contribution in [3.63, 3.8) is 0 Å². The first-order valence-corrected chi connectivity index (χ1v) is 10.7. The number of aryl methyl sites for hydroxylation is 1. The summed E-state index contributed by atoms with van der Waals surface area (Å²) in [6.45, 7) is 5.95. The number of esters is 1. The molecule has 0 aliphatic carbocycles. The van der Waals surface area contributed by atoms with Gasteiger partial charge in [-0.3, -0.25) is 14.3 Å². The summed E-state index contributed by atoms with van der Waals surface area (Å²) in [5.74, 6) is -1.12. The monoisotopic (exact) mass is 418 g/mol. The third-order valence-electron chi connectivity index (χ3n) is 4.57. The van der Waals surface area contributed by atoms with E-state index in [1.54, 1.807) is 19.1 Å². The lowest BCUT2D eigenvalue weighted by Crippen LogP contribution is -2.37. The Morgan fingerprint density at radius 1 is 1.10 bits per heavy atom. The summed E-state index contributed by atoms with van der Waals surface area (Å²) < 4.78 is 32.5. The number of rotatable bonds is 8. The molecule has 0 aliphatic rings. The number of hydrogen-bond acceptors (Lipinski definition) is 5. The molecular formula is C21H26N2O5S. The first-order chi connectivity index (χ1) is 13.7. The van der Waals surface area contributed by atoms with Crippen LogP contribution in [-0.2, 0) is 19.6 Å². The number of methoxy groups -OCH3 is 1. The van der Waals surface area contributed by atoms with Crippen molar-refractivity contribution in [2.24, 2.45) is 5.92 Å². The number of benzene rings is 2. The quantitative estimate of drug-likeness (QED) is 0.665. The van der Waals surface area contributed by atoms with Crippen LogP contribution in [0.5, 0.6) is 0 Å². The highest BCUT2D eigenvalue weighted by atomic mass is 32.2. The van der Waals surface area contributed by atoms with Crippen molar-refractivity contribution in [1.82, 2.24) is 4.90 Å². The molecule has 0 heterocycles. The molecule has 2 aromatic carbocycles. The van der Waals surface area contributed by atoms with Crippen LogP contribution in [0.4, 0.5) is 5.69 Å². The Kier molecular flexibility index (Phi) is 7.39. The van der Waals surface area contributed by atoms with Gasteiger partial charge in [-0.1, -0.05) is 25.1 Å². The Bertz CT molecular complexity index is 971. The van der Waals surface area contributed by atoms with Gasteiger partial charge in [0.05, 0.1) is 23.6 Å². The molecule has 1 unspecified atom stereocenters. The van der Waals surface area contributed by atoms with Crippen molar-refractivity contribution in [1.29, 1.82) is 0 Å². The first-order valence-electron chi connectivity index (χ1n) is 9.25. The van der Waals surface area contributed by atoms with E-state index in [0.29, 0.717) is 17.8 Å². The van der Waals surface area contributed by atoms with Crippen molar-refractivity contribution in [2.45, 2.75) is 25.7 Å². The van der Waals surface area contributed by atoms with Gasteiger partial charge in [-0.2, -0.15) is 0 Å². The van der Waals surface area contributed by atoms with Gasteiger partial charge in [0.25, 0.3) is 15.9 Å². The summed E-state index contributed by atoms with van der Waals surface area (Å²) in [4.78, 5) is 25.9. The first kappa shape index (κ1) is 22.4. The van der Waals surface area contributed by atoms with Gasteiger partial charge in [0.1, 0.15) is 0 Å². The third-order valence-corrected chi connectivity index (χ3v) is 5.95. The topological polar surface area (TPSA) is 92.8 Å². The fourth-order valence-corrected chi connectivity index (χ4v) is 3.94. The predicted molar refractivity (Wildman–Crippen MR) is 111 cm³/mol. The van der Waals surface area contributed by atoms with Crippen LogP contribution in [-0.4, -0.2) is 45.4 Å². The summed E-state index contributed by atoms with van der Waals surface area (Å²) >= 11 is 0. The molecule has 0 bridgehead atoms. The largest absolute Gasteiger partial charge is 0.469 e. The maximum atomic E-state index is 12.7. The number of amides is 1. The highest BCUT2D eigenvalue weighted by Gasteiger charge is 2.22. The lowest BCUT2D eigenvalue weighted by atomic mass is 10.1.